The smallest absolute Gasteiger partial charge is 0.408 e. The van der Waals surface area contributed by atoms with Crippen LogP contribution in [0.4, 0.5) is 21.0 Å². The number of fused-ring (bicyclic) bond motifs is 1. The van der Waals surface area contributed by atoms with Gasteiger partial charge in [-0.25, -0.2) is 14.5 Å². The molecule has 0 saturated heterocycles. The number of para-hydroxylation sites is 1. The van der Waals surface area contributed by atoms with E-state index in [1.54, 1.807) is 63.4 Å². The zero-order chi connectivity index (χ0) is 27.3. The molecule has 0 spiro atoms. The van der Waals surface area contributed by atoms with E-state index in [-0.39, 0.29) is 5.69 Å². The van der Waals surface area contributed by atoms with Gasteiger partial charge in [0.2, 0.25) is 0 Å². The molecule has 4 amide bonds. The number of hydrogen-bond donors (Lipinski definition) is 3. The number of aromatic amines is 1. The molecule has 0 aliphatic rings. The number of aromatic nitrogens is 1. The van der Waals surface area contributed by atoms with Gasteiger partial charge in [-0.2, -0.15) is 0 Å². The number of hydrogen-bond acceptors (Lipinski definition) is 5. The zero-order valence-electron chi connectivity index (χ0n) is 21.1. The molecule has 0 atom stereocenters. The Kier molecular flexibility index (Phi) is 7.87. The third-order valence-corrected chi connectivity index (χ3v) is 5.38. The lowest BCUT2D eigenvalue weighted by molar-refractivity contribution is -0.117. The number of anilines is 2. The second kappa shape index (κ2) is 11.3. The molecule has 0 saturated carbocycles. The molecule has 0 fully saturated rings. The van der Waals surface area contributed by atoms with Crippen molar-refractivity contribution < 1.29 is 23.9 Å². The standard InChI is InChI=1S/C28H27ClN4O5/c1-28(2,3)38-27(36)31-17-24(34)33(23-16-19(29)15-18-13-14-30-25(18)23)26(35)32-20-9-11-22(12-10-20)37-21-7-5-4-6-8-21/h4-16,30H,17H2,1-3H3,(H,31,36)(H,32,35). The summed E-state index contributed by atoms with van der Waals surface area (Å²) in [6.07, 6.45) is 0.895. The number of nitrogens with one attached hydrogen (secondary N) is 3. The number of carbonyl (C=O) groups excluding carboxylic acids is 3. The quantitative estimate of drug-likeness (QED) is 0.254. The highest BCUT2D eigenvalue weighted by Crippen LogP contribution is 2.31. The van der Waals surface area contributed by atoms with Crippen molar-refractivity contribution in [1.29, 1.82) is 0 Å². The lowest BCUT2D eigenvalue weighted by atomic mass is 10.2. The van der Waals surface area contributed by atoms with E-state index in [1.165, 1.54) is 6.07 Å². The Morgan fingerprint density at radius 3 is 2.32 bits per heavy atom. The van der Waals surface area contributed by atoms with Crippen molar-refractivity contribution in [2.45, 2.75) is 26.4 Å². The number of ether oxygens (including phenoxy) is 2. The highest BCUT2D eigenvalue weighted by Gasteiger charge is 2.27. The molecule has 0 aliphatic heterocycles. The Bertz CT molecular complexity index is 1450. The third kappa shape index (κ3) is 6.83. The fourth-order valence-corrected chi connectivity index (χ4v) is 3.82. The summed E-state index contributed by atoms with van der Waals surface area (Å²) >= 11 is 6.29. The fourth-order valence-electron chi connectivity index (χ4n) is 3.60. The molecule has 196 valence electrons. The van der Waals surface area contributed by atoms with Crippen LogP contribution in [0.2, 0.25) is 5.02 Å². The number of amides is 4. The zero-order valence-corrected chi connectivity index (χ0v) is 21.8. The number of benzene rings is 3. The molecule has 0 radical (unpaired) electrons. The van der Waals surface area contributed by atoms with E-state index in [9.17, 15) is 14.4 Å². The number of nitrogens with zero attached hydrogens (tertiary/aromatic N) is 1. The maximum Gasteiger partial charge on any atom is 0.408 e. The summed E-state index contributed by atoms with van der Waals surface area (Å²) in [6, 6.07) is 20.2. The van der Waals surface area contributed by atoms with Gasteiger partial charge in [0.25, 0.3) is 5.91 Å². The number of carbonyl (C=O) groups is 3. The summed E-state index contributed by atoms with van der Waals surface area (Å²) < 4.78 is 11.0. The SMILES string of the molecule is CC(C)(C)OC(=O)NCC(=O)N(C(=O)Nc1ccc(Oc2ccccc2)cc1)c1cc(Cl)cc2cc[nH]c12. The van der Waals surface area contributed by atoms with E-state index in [4.69, 9.17) is 21.1 Å². The molecule has 4 aromatic rings. The van der Waals surface area contributed by atoms with Crippen LogP contribution in [0.1, 0.15) is 20.8 Å². The molecule has 0 aliphatic carbocycles. The van der Waals surface area contributed by atoms with E-state index in [0.29, 0.717) is 33.1 Å². The molecule has 3 aromatic carbocycles. The molecular weight excluding hydrogens is 508 g/mol. The molecule has 1 aromatic heterocycles. The Morgan fingerprint density at radius 1 is 0.947 bits per heavy atom. The number of halogens is 1. The minimum absolute atomic E-state index is 0.231. The van der Waals surface area contributed by atoms with E-state index < -0.39 is 30.2 Å². The van der Waals surface area contributed by atoms with Crippen LogP contribution in [-0.2, 0) is 9.53 Å². The van der Waals surface area contributed by atoms with Crippen LogP contribution >= 0.6 is 11.6 Å². The maximum absolute atomic E-state index is 13.4. The van der Waals surface area contributed by atoms with E-state index in [2.05, 4.69) is 15.6 Å². The van der Waals surface area contributed by atoms with Crippen LogP contribution in [0, 0.1) is 0 Å². The number of alkyl carbamates (subject to hydrolysis) is 1. The topological polar surface area (TPSA) is 113 Å². The average molecular weight is 535 g/mol. The van der Waals surface area contributed by atoms with Crippen molar-refractivity contribution in [3.63, 3.8) is 0 Å². The Morgan fingerprint density at radius 2 is 1.63 bits per heavy atom. The minimum atomic E-state index is -0.781. The van der Waals surface area contributed by atoms with Crippen molar-refractivity contribution in [2.24, 2.45) is 0 Å². The fraction of sp³-hybridized carbons (Fsp3) is 0.179. The predicted octanol–water partition coefficient (Wildman–Crippen LogP) is 6.70. The van der Waals surface area contributed by atoms with Crippen molar-refractivity contribution in [3.8, 4) is 11.5 Å². The van der Waals surface area contributed by atoms with Crippen LogP contribution in [0.5, 0.6) is 11.5 Å². The molecule has 0 bridgehead atoms. The van der Waals surface area contributed by atoms with Gasteiger partial charge in [-0.3, -0.25) is 4.79 Å². The number of imide groups is 1. The molecule has 4 rings (SSSR count). The van der Waals surface area contributed by atoms with Crippen LogP contribution in [0.15, 0.2) is 79.0 Å². The number of rotatable bonds is 6. The number of H-pyrrole nitrogens is 1. The van der Waals surface area contributed by atoms with Crippen LogP contribution in [0.3, 0.4) is 0 Å². The monoisotopic (exact) mass is 534 g/mol. The summed E-state index contributed by atoms with van der Waals surface area (Å²) in [5.74, 6) is 0.552. The normalized spacial score (nSPS) is 11.1. The highest BCUT2D eigenvalue weighted by atomic mass is 35.5. The maximum atomic E-state index is 13.4. The van der Waals surface area contributed by atoms with Gasteiger partial charge in [0.15, 0.2) is 0 Å². The third-order valence-electron chi connectivity index (χ3n) is 5.16. The minimum Gasteiger partial charge on any atom is -0.457 e. The van der Waals surface area contributed by atoms with Crippen LogP contribution in [0.25, 0.3) is 10.9 Å². The van der Waals surface area contributed by atoms with Crippen molar-refractivity contribution in [2.75, 3.05) is 16.8 Å². The van der Waals surface area contributed by atoms with E-state index in [1.807, 2.05) is 30.3 Å². The van der Waals surface area contributed by atoms with Crippen molar-refractivity contribution in [1.82, 2.24) is 10.3 Å². The largest absolute Gasteiger partial charge is 0.457 e. The van der Waals surface area contributed by atoms with Crippen molar-refractivity contribution >= 4 is 51.9 Å². The molecule has 0 unspecified atom stereocenters. The summed E-state index contributed by atoms with van der Waals surface area (Å²) in [5, 5.41) is 6.17. The first-order chi connectivity index (χ1) is 18.1. The van der Waals surface area contributed by atoms with Gasteiger partial charge in [0, 0.05) is 22.3 Å². The molecule has 1 heterocycles. The predicted molar refractivity (Wildman–Crippen MR) is 147 cm³/mol. The Hall–Kier alpha value is -4.50. The number of urea groups is 1. The molecule has 38 heavy (non-hydrogen) atoms. The van der Waals surface area contributed by atoms with Crippen molar-refractivity contribution in [3.05, 3.63) is 84.0 Å². The van der Waals surface area contributed by atoms with Gasteiger partial charge in [-0.15, -0.1) is 0 Å². The first-order valence-electron chi connectivity index (χ1n) is 11.8. The van der Waals surface area contributed by atoms with E-state index in [0.717, 1.165) is 4.90 Å². The average Bonchev–Trinajstić information content (AvgIpc) is 3.32. The summed E-state index contributed by atoms with van der Waals surface area (Å²) in [7, 11) is 0. The van der Waals surface area contributed by atoms with E-state index >= 15 is 0 Å². The molecule has 10 heteroatoms. The van der Waals surface area contributed by atoms with Crippen LogP contribution < -0.4 is 20.3 Å². The Balaban J connectivity index is 1.56. The Labute approximate surface area is 224 Å². The second-order valence-corrected chi connectivity index (χ2v) is 9.76. The summed E-state index contributed by atoms with van der Waals surface area (Å²) in [4.78, 5) is 42.8. The molecule has 3 N–H and O–H groups in total. The first kappa shape index (κ1) is 26.6. The van der Waals surface area contributed by atoms with Gasteiger partial charge >= 0.3 is 12.1 Å². The lowest BCUT2D eigenvalue weighted by Gasteiger charge is -2.24. The molecule has 9 nitrogen and oxygen atoms in total. The van der Waals surface area contributed by atoms with Gasteiger partial charge in [0.05, 0.1) is 11.2 Å². The highest BCUT2D eigenvalue weighted by molar-refractivity contribution is 6.33. The van der Waals surface area contributed by atoms with Gasteiger partial charge in [-0.1, -0.05) is 29.8 Å². The molecular formula is C28H27ClN4O5. The first-order valence-corrected chi connectivity index (χ1v) is 12.2. The van der Waals surface area contributed by atoms with Crippen LogP contribution in [-0.4, -0.2) is 35.2 Å². The van der Waals surface area contributed by atoms with Gasteiger partial charge in [-0.05, 0) is 75.4 Å². The lowest BCUT2D eigenvalue weighted by Crippen LogP contribution is -2.46. The van der Waals surface area contributed by atoms with Gasteiger partial charge in [0.1, 0.15) is 23.6 Å². The van der Waals surface area contributed by atoms with Gasteiger partial charge < -0.3 is 25.1 Å². The summed E-state index contributed by atoms with van der Waals surface area (Å²) in [5.41, 5.74) is 0.444. The second-order valence-electron chi connectivity index (χ2n) is 9.32. The summed E-state index contributed by atoms with van der Waals surface area (Å²) in [6.45, 7) is 4.63.